The van der Waals surface area contributed by atoms with Gasteiger partial charge in [-0.2, -0.15) is 19.7 Å². The molecule has 9 nitrogen and oxygen atoms in total. The van der Waals surface area contributed by atoms with Crippen molar-refractivity contribution in [3.63, 3.8) is 0 Å². The summed E-state index contributed by atoms with van der Waals surface area (Å²) in [5.74, 6) is 1.55. The van der Waals surface area contributed by atoms with Gasteiger partial charge in [0.1, 0.15) is 17.2 Å². The Morgan fingerprint density at radius 3 is 2.55 bits per heavy atom. The molecular weight excluding hydrogens is 416 g/mol. The van der Waals surface area contributed by atoms with E-state index in [9.17, 15) is 4.79 Å². The van der Waals surface area contributed by atoms with Gasteiger partial charge in [-0.15, -0.1) is 0 Å². The van der Waals surface area contributed by atoms with Gasteiger partial charge in [0.25, 0.3) is 11.3 Å². The Bertz CT molecular complexity index is 1280. The van der Waals surface area contributed by atoms with Gasteiger partial charge in [-0.25, -0.2) is 9.67 Å². The van der Waals surface area contributed by atoms with Crippen LogP contribution in [0.2, 0.25) is 5.02 Å². The Kier molecular flexibility index (Phi) is 5.03. The summed E-state index contributed by atoms with van der Waals surface area (Å²) in [6.45, 7) is 5.26. The topological polar surface area (TPSA) is 84.5 Å². The van der Waals surface area contributed by atoms with Crippen molar-refractivity contribution in [2.75, 3.05) is 36.0 Å². The Labute approximate surface area is 183 Å². The van der Waals surface area contributed by atoms with Crippen molar-refractivity contribution in [2.24, 2.45) is 0 Å². The Morgan fingerprint density at radius 2 is 1.77 bits per heavy atom. The minimum Gasteiger partial charge on any atom is -0.365 e. The highest BCUT2D eigenvalue weighted by Gasteiger charge is 2.23. The quantitative estimate of drug-likeness (QED) is 0.483. The molecule has 3 aromatic heterocycles. The van der Waals surface area contributed by atoms with Crippen LogP contribution in [0.25, 0.3) is 5.78 Å². The maximum atomic E-state index is 12.8. The molecule has 0 saturated carbocycles. The Morgan fingerprint density at radius 1 is 1.03 bits per heavy atom. The maximum absolute atomic E-state index is 12.8. The van der Waals surface area contributed by atoms with Crippen molar-refractivity contribution in [2.45, 2.75) is 13.5 Å². The van der Waals surface area contributed by atoms with Crippen molar-refractivity contribution in [3.05, 3.63) is 75.6 Å². The van der Waals surface area contributed by atoms with Crippen LogP contribution >= 0.6 is 11.6 Å². The molecule has 10 heteroatoms. The second kappa shape index (κ2) is 7.99. The molecule has 0 N–H and O–H groups in total. The highest BCUT2D eigenvalue weighted by atomic mass is 35.5. The first kappa shape index (κ1) is 19.5. The summed E-state index contributed by atoms with van der Waals surface area (Å²) in [6.07, 6.45) is 3.20. The molecule has 31 heavy (non-hydrogen) atoms. The number of nitrogens with zero attached hydrogens (tertiary/aromatic N) is 8. The van der Waals surface area contributed by atoms with Gasteiger partial charge in [0, 0.05) is 37.9 Å². The largest absolute Gasteiger partial charge is 0.365 e. The lowest BCUT2D eigenvalue weighted by molar-refractivity contribution is 0.617. The number of hydrogen-bond acceptors (Lipinski definition) is 7. The van der Waals surface area contributed by atoms with Gasteiger partial charge in [0.15, 0.2) is 0 Å². The third-order valence-corrected chi connectivity index (χ3v) is 5.80. The van der Waals surface area contributed by atoms with E-state index < -0.39 is 0 Å². The smallest absolute Gasteiger partial charge is 0.287 e. The first-order chi connectivity index (χ1) is 15.1. The second-order valence-corrected chi connectivity index (χ2v) is 7.87. The minimum atomic E-state index is -0.278. The SMILES string of the molecule is Cc1cc(N2CCN(c3cnn(Cc4ccccc4)c(=O)c3Cl)CC2)n2ncnc2n1. The summed E-state index contributed by atoms with van der Waals surface area (Å²) in [7, 11) is 0. The van der Waals surface area contributed by atoms with Gasteiger partial charge in [0.2, 0.25) is 0 Å². The second-order valence-electron chi connectivity index (χ2n) is 7.49. The number of halogens is 1. The molecule has 158 valence electrons. The average molecular weight is 437 g/mol. The standard InChI is InChI=1S/C21H21ClN8O/c1-15-11-18(30-21(26-15)23-14-25-30)28-9-7-27(8-10-28)17-12-24-29(20(31)19(17)22)13-16-5-3-2-4-6-16/h2-6,11-12,14H,7-10,13H2,1H3. The van der Waals surface area contributed by atoms with Gasteiger partial charge >= 0.3 is 0 Å². The highest BCUT2D eigenvalue weighted by molar-refractivity contribution is 6.33. The van der Waals surface area contributed by atoms with Crippen LogP contribution in [0.1, 0.15) is 11.3 Å². The lowest BCUT2D eigenvalue weighted by atomic mass is 10.2. The number of aromatic nitrogens is 6. The van der Waals surface area contributed by atoms with E-state index >= 15 is 0 Å². The number of anilines is 2. The summed E-state index contributed by atoms with van der Waals surface area (Å²) < 4.78 is 3.15. The lowest BCUT2D eigenvalue weighted by Gasteiger charge is -2.37. The zero-order valence-corrected chi connectivity index (χ0v) is 17.8. The number of benzene rings is 1. The summed E-state index contributed by atoms with van der Waals surface area (Å²) in [5.41, 5.74) is 2.29. The molecule has 1 aliphatic rings. The highest BCUT2D eigenvalue weighted by Crippen LogP contribution is 2.24. The summed E-state index contributed by atoms with van der Waals surface area (Å²) in [5, 5.41) is 8.87. The lowest BCUT2D eigenvalue weighted by Crippen LogP contribution is -2.47. The number of fused-ring (bicyclic) bond motifs is 1. The molecule has 0 spiro atoms. The van der Waals surface area contributed by atoms with Crippen molar-refractivity contribution in [1.29, 1.82) is 0 Å². The van der Waals surface area contributed by atoms with Gasteiger partial charge in [0.05, 0.1) is 18.4 Å². The van der Waals surface area contributed by atoms with E-state index in [4.69, 9.17) is 11.6 Å². The summed E-state index contributed by atoms with van der Waals surface area (Å²) in [4.78, 5) is 25.7. The molecule has 0 bridgehead atoms. The predicted molar refractivity (Wildman–Crippen MR) is 119 cm³/mol. The number of rotatable bonds is 4. The van der Waals surface area contributed by atoms with Crippen LogP contribution in [-0.4, -0.2) is 55.5 Å². The molecule has 4 heterocycles. The maximum Gasteiger partial charge on any atom is 0.287 e. The van der Waals surface area contributed by atoms with Crippen LogP contribution in [0.5, 0.6) is 0 Å². The van der Waals surface area contributed by atoms with Gasteiger partial charge < -0.3 is 9.80 Å². The first-order valence-corrected chi connectivity index (χ1v) is 10.4. The molecule has 1 saturated heterocycles. The van der Waals surface area contributed by atoms with Crippen molar-refractivity contribution < 1.29 is 0 Å². The molecule has 0 unspecified atom stereocenters. The molecule has 0 atom stereocenters. The molecule has 1 aliphatic heterocycles. The Balaban J connectivity index is 1.34. The summed E-state index contributed by atoms with van der Waals surface area (Å²) >= 11 is 6.48. The van der Waals surface area contributed by atoms with Crippen LogP contribution in [0.4, 0.5) is 11.5 Å². The molecule has 4 aromatic rings. The third-order valence-electron chi connectivity index (χ3n) is 5.45. The molecule has 0 amide bonds. The van der Waals surface area contributed by atoms with E-state index in [2.05, 4.69) is 30.0 Å². The van der Waals surface area contributed by atoms with Gasteiger partial charge in [-0.1, -0.05) is 41.9 Å². The fourth-order valence-electron chi connectivity index (χ4n) is 3.86. The van der Waals surface area contributed by atoms with Gasteiger partial charge in [-0.05, 0) is 12.5 Å². The van der Waals surface area contributed by atoms with E-state index in [1.807, 2.05) is 43.3 Å². The molecular formula is C21H21ClN8O. The molecule has 1 aromatic carbocycles. The Hall–Kier alpha value is -3.46. The number of hydrogen-bond donors (Lipinski definition) is 0. The van der Waals surface area contributed by atoms with Crippen LogP contribution < -0.4 is 15.4 Å². The normalized spacial score (nSPS) is 14.4. The fraction of sp³-hybridized carbons (Fsp3) is 0.286. The molecule has 5 rings (SSSR count). The zero-order valence-electron chi connectivity index (χ0n) is 17.0. The average Bonchev–Trinajstić information content (AvgIpc) is 3.26. The van der Waals surface area contributed by atoms with Crippen molar-refractivity contribution in [3.8, 4) is 0 Å². The van der Waals surface area contributed by atoms with E-state index in [-0.39, 0.29) is 10.6 Å². The molecule has 0 aliphatic carbocycles. The minimum absolute atomic E-state index is 0.206. The van der Waals surface area contributed by atoms with E-state index in [0.29, 0.717) is 31.1 Å². The monoisotopic (exact) mass is 436 g/mol. The molecule has 1 fully saturated rings. The summed E-state index contributed by atoms with van der Waals surface area (Å²) in [6, 6.07) is 11.7. The van der Waals surface area contributed by atoms with E-state index in [0.717, 1.165) is 30.2 Å². The number of piperazine rings is 1. The molecule has 0 radical (unpaired) electrons. The van der Waals surface area contributed by atoms with Crippen molar-refractivity contribution in [1.82, 2.24) is 29.4 Å². The van der Waals surface area contributed by atoms with Crippen LogP contribution in [0, 0.1) is 6.92 Å². The van der Waals surface area contributed by atoms with Crippen LogP contribution in [0.3, 0.4) is 0 Å². The van der Waals surface area contributed by atoms with Crippen LogP contribution in [0.15, 0.2) is 53.7 Å². The first-order valence-electron chi connectivity index (χ1n) is 10.1. The van der Waals surface area contributed by atoms with Gasteiger partial charge in [-0.3, -0.25) is 4.79 Å². The predicted octanol–water partition coefficient (Wildman–Crippen LogP) is 2.02. The van der Waals surface area contributed by atoms with Crippen molar-refractivity contribution >= 4 is 28.9 Å². The van der Waals surface area contributed by atoms with Crippen LogP contribution in [-0.2, 0) is 6.54 Å². The fourth-order valence-corrected chi connectivity index (χ4v) is 4.12. The zero-order chi connectivity index (χ0) is 21.4. The van der Waals surface area contributed by atoms with E-state index in [1.54, 1.807) is 10.7 Å². The van der Waals surface area contributed by atoms with E-state index in [1.165, 1.54) is 11.0 Å². The number of aryl methyl sites for hydroxylation is 1. The third kappa shape index (κ3) is 3.72.